The summed E-state index contributed by atoms with van der Waals surface area (Å²) in [6.07, 6.45) is -1.01. The van der Waals surface area contributed by atoms with Crippen LogP contribution in [-0.4, -0.2) is 64.5 Å². The molecule has 3 rings (SSSR count). The fraction of sp³-hybridized carbons (Fsp3) is 0.611. The van der Waals surface area contributed by atoms with Gasteiger partial charge in [-0.15, -0.1) is 0 Å². The van der Waals surface area contributed by atoms with Gasteiger partial charge in [0.05, 0.1) is 24.2 Å². The number of carbonyl (C=O) groups excluding carboxylic acids is 2. The molecule has 0 aliphatic carbocycles. The number of nitrogens with zero attached hydrogens (tertiary/aromatic N) is 3. The molecule has 2 aliphatic rings. The Labute approximate surface area is 155 Å². The third-order valence-corrected chi connectivity index (χ3v) is 5.12. The third kappa shape index (κ3) is 4.90. The van der Waals surface area contributed by atoms with Gasteiger partial charge in [-0.1, -0.05) is 0 Å². The van der Waals surface area contributed by atoms with E-state index >= 15 is 0 Å². The number of amides is 2. The molecule has 1 aromatic rings. The van der Waals surface area contributed by atoms with Crippen molar-refractivity contribution in [2.24, 2.45) is 0 Å². The van der Waals surface area contributed by atoms with E-state index in [2.05, 4.69) is 10.3 Å². The van der Waals surface area contributed by atoms with E-state index < -0.39 is 24.9 Å². The summed E-state index contributed by atoms with van der Waals surface area (Å²) >= 11 is 0. The largest absolute Gasteiger partial charge is 0.389 e. The average Bonchev–Trinajstić information content (AvgIpc) is 3.16. The van der Waals surface area contributed by atoms with E-state index in [0.29, 0.717) is 26.1 Å². The van der Waals surface area contributed by atoms with E-state index in [1.165, 1.54) is 4.90 Å². The van der Waals surface area contributed by atoms with Crippen molar-refractivity contribution < 1.29 is 22.8 Å². The molecule has 0 saturated carbocycles. The SMILES string of the molecule is O=C1C[C@H]2[C@H](CCN2C(=O)CCC(F)(F)F)N1CCCNc1cccnc1. The highest BCUT2D eigenvalue weighted by Gasteiger charge is 2.48. The molecule has 148 valence electrons. The highest BCUT2D eigenvalue weighted by atomic mass is 19.4. The van der Waals surface area contributed by atoms with Crippen molar-refractivity contribution in [2.45, 2.75) is 50.4 Å². The van der Waals surface area contributed by atoms with E-state index in [-0.39, 0.29) is 24.4 Å². The first-order valence-corrected chi connectivity index (χ1v) is 9.15. The number of alkyl halides is 3. The van der Waals surface area contributed by atoms with Gasteiger partial charge in [0.1, 0.15) is 0 Å². The molecule has 2 aliphatic heterocycles. The van der Waals surface area contributed by atoms with Crippen LogP contribution in [0.4, 0.5) is 18.9 Å². The van der Waals surface area contributed by atoms with Gasteiger partial charge in [-0.2, -0.15) is 13.2 Å². The molecule has 0 unspecified atom stereocenters. The first-order valence-electron chi connectivity index (χ1n) is 9.15. The fourth-order valence-corrected chi connectivity index (χ4v) is 3.87. The molecule has 9 heteroatoms. The quantitative estimate of drug-likeness (QED) is 0.734. The van der Waals surface area contributed by atoms with Gasteiger partial charge in [0.25, 0.3) is 0 Å². The molecule has 2 fully saturated rings. The predicted octanol–water partition coefficient (Wildman–Crippen LogP) is 2.43. The van der Waals surface area contributed by atoms with Crippen molar-refractivity contribution in [3.8, 4) is 0 Å². The van der Waals surface area contributed by atoms with Crippen LogP contribution in [0.5, 0.6) is 0 Å². The molecule has 2 amide bonds. The molecule has 0 spiro atoms. The summed E-state index contributed by atoms with van der Waals surface area (Å²) in [6, 6.07) is 3.38. The summed E-state index contributed by atoms with van der Waals surface area (Å²) in [5.74, 6) is -0.535. The standard InChI is InChI=1S/C18H23F3N4O2/c19-18(20,21)6-4-16(26)25-10-5-14-15(25)11-17(27)24(14)9-2-8-23-13-3-1-7-22-12-13/h1,3,7,12,14-15,23H,2,4-6,8-11H2/t14-,15-/m0/s1. The number of aromatic nitrogens is 1. The van der Waals surface area contributed by atoms with Gasteiger partial charge in [0, 0.05) is 44.9 Å². The first kappa shape index (κ1) is 19.4. The van der Waals surface area contributed by atoms with Gasteiger partial charge in [0.2, 0.25) is 11.8 Å². The second-order valence-corrected chi connectivity index (χ2v) is 6.94. The summed E-state index contributed by atoms with van der Waals surface area (Å²) in [5.41, 5.74) is 0.908. The lowest BCUT2D eigenvalue weighted by Gasteiger charge is -2.25. The Balaban J connectivity index is 1.47. The zero-order chi connectivity index (χ0) is 19.4. The molecule has 0 bridgehead atoms. The van der Waals surface area contributed by atoms with Crippen molar-refractivity contribution in [3.63, 3.8) is 0 Å². The van der Waals surface area contributed by atoms with Crippen LogP contribution in [0, 0.1) is 0 Å². The highest BCUT2D eigenvalue weighted by Crippen LogP contribution is 2.33. The van der Waals surface area contributed by atoms with E-state index in [9.17, 15) is 22.8 Å². The summed E-state index contributed by atoms with van der Waals surface area (Å²) in [6.45, 7) is 1.67. The van der Waals surface area contributed by atoms with Gasteiger partial charge in [-0.25, -0.2) is 0 Å². The first-order chi connectivity index (χ1) is 12.8. The fourth-order valence-electron chi connectivity index (χ4n) is 3.87. The second-order valence-electron chi connectivity index (χ2n) is 6.94. The molecule has 1 N–H and O–H groups in total. The van der Waals surface area contributed by atoms with Crippen LogP contribution in [-0.2, 0) is 9.59 Å². The smallest absolute Gasteiger partial charge is 0.384 e. The Hall–Kier alpha value is -2.32. The minimum atomic E-state index is -4.34. The van der Waals surface area contributed by atoms with Gasteiger partial charge >= 0.3 is 6.18 Å². The Morgan fingerprint density at radius 1 is 1.33 bits per heavy atom. The molecule has 0 radical (unpaired) electrons. The number of anilines is 1. The molecular weight excluding hydrogens is 361 g/mol. The van der Waals surface area contributed by atoms with E-state index in [1.807, 2.05) is 12.1 Å². The van der Waals surface area contributed by atoms with Gasteiger partial charge < -0.3 is 15.1 Å². The van der Waals surface area contributed by atoms with Crippen molar-refractivity contribution >= 4 is 17.5 Å². The van der Waals surface area contributed by atoms with Crippen molar-refractivity contribution in [1.29, 1.82) is 0 Å². The van der Waals surface area contributed by atoms with Crippen LogP contribution in [0.25, 0.3) is 0 Å². The number of pyridine rings is 1. The molecule has 27 heavy (non-hydrogen) atoms. The lowest BCUT2D eigenvalue weighted by atomic mass is 10.1. The lowest BCUT2D eigenvalue weighted by molar-refractivity contribution is -0.149. The number of rotatable bonds is 7. The van der Waals surface area contributed by atoms with Gasteiger partial charge in [-0.3, -0.25) is 14.6 Å². The third-order valence-electron chi connectivity index (χ3n) is 5.12. The monoisotopic (exact) mass is 384 g/mol. The maximum Gasteiger partial charge on any atom is 0.389 e. The molecule has 6 nitrogen and oxygen atoms in total. The van der Waals surface area contributed by atoms with Crippen LogP contribution in [0.2, 0.25) is 0 Å². The van der Waals surface area contributed by atoms with E-state index in [0.717, 1.165) is 12.1 Å². The summed E-state index contributed by atoms with van der Waals surface area (Å²) in [4.78, 5) is 31.7. The summed E-state index contributed by atoms with van der Waals surface area (Å²) < 4.78 is 37.0. The number of nitrogens with one attached hydrogen (secondary N) is 1. The molecule has 2 atom stereocenters. The highest BCUT2D eigenvalue weighted by molar-refractivity contribution is 5.83. The maximum absolute atomic E-state index is 12.3. The Morgan fingerprint density at radius 2 is 2.15 bits per heavy atom. The molecule has 2 saturated heterocycles. The van der Waals surface area contributed by atoms with E-state index in [1.54, 1.807) is 17.3 Å². The minimum absolute atomic E-state index is 0.0281. The Bertz CT molecular complexity index is 668. The van der Waals surface area contributed by atoms with Crippen LogP contribution >= 0.6 is 0 Å². The number of hydrogen-bond acceptors (Lipinski definition) is 4. The van der Waals surface area contributed by atoms with Crippen molar-refractivity contribution in [3.05, 3.63) is 24.5 Å². The molecule has 1 aromatic heterocycles. The maximum atomic E-state index is 12.3. The number of fused-ring (bicyclic) bond motifs is 1. The lowest BCUT2D eigenvalue weighted by Crippen LogP contribution is -2.40. The molecule has 0 aromatic carbocycles. The molecule has 3 heterocycles. The number of hydrogen-bond donors (Lipinski definition) is 1. The molecular formula is C18H23F3N4O2. The minimum Gasteiger partial charge on any atom is -0.384 e. The summed E-state index contributed by atoms with van der Waals surface area (Å²) in [7, 11) is 0. The zero-order valence-corrected chi connectivity index (χ0v) is 14.9. The van der Waals surface area contributed by atoms with Gasteiger partial charge in [0.15, 0.2) is 0 Å². The van der Waals surface area contributed by atoms with Crippen LogP contribution in [0.15, 0.2) is 24.5 Å². The Kier molecular flexibility index (Phi) is 5.86. The van der Waals surface area contributed by atoms with Crippen LogP contribution < -0.4 is 5.32 Å². The van der Waals surface area contributed by atoms with Crippen molar-refractivity contribution in [1.82, 2.24) is 14.8 Å². The van der Waals surface area contributed by atoms with Crippen LogP contribution in [0.3, 0.4) is 0 Å². The number of likely N-dealkylation sites (tertiary alicyclic amines) is 2. The predicted molar refractivity (Wildman–Crippen MR) is 92.9 cm³/mol. The van der Waals surface area contributed by atoms with Crippen LogP contribution in [0.1, 0.15) is 32.1 Å². The normalized spacial score (nSPS) is 22.3. The zero-order valence-electron chi connectivity index (χ0n) is 14.9. The Morgan fingerprint density at radius 3 is 2.85 bits per heavy atom. The topological polar surface area (TPSA) is 65.5 Å². The average molecular weight is 384 g/mol. The van der Waals surface area contributed by atoms with Crippen molar-refractivity contribution in [2.75, 3.05) is 25.0 Å². The summed E-state index contributed by atoms with van der Waals surface area (Å²) in [5, 5.41) is 3.23. The number of carbonyl (C=O) groups is 2. The number of halogens is 3. The van der Waals surface area contributed by atoms with E-state index in [4.69, 9.17) is 0 Å². The van der Waals surface area contributed by atoms with Gasteiger partial charge in [-0.05, 0) is 25.0 Å². The second kappa shape index (κ2) is 8.14.